The third-order valence-corrected chi connectivity index (χ3v) is 3.37. The average molecular weight is 289 g/mol. The zero-order valence-electron chi connectivity index (χ0n) is 13.1. The molecule has 0 radical (unpaired) electrons. The van der Waals surface area contributed by atoms with Crippen LogP contribution in [0.1, 0.15) is 33.6 Å². The maximum absolute atomic E-state index is 4.55. The van der Waals surface area contributed by atoms with Crippen molar-refractivity contribution in [2.45, 2.75) is 39.7 Å². The molecule has 0 bridgehead atoms. The molecule has 1 atom stereocenters. The Balaban J connectivity index is 2.36. The number of aromatic nitrogens is 5. The van der Waals surface area contributed by atoms with Crippen LogP contribution < -0.4 is 10.2 Å². The van der Waals surface area contributed by atoms with Gasteiger partial charge in [-0.2, -0.15) is 15.0 Å². The first-order valence-electron chi connectivity index (χ1n) is 7.36. The van der Waals surface area contributed by atoms with Gasteiger partial charge in [-0.05, 0) is 20.3 Å². The van der Waals surface area contributed by atoms with Gasteiger partial charge >= 0.3 is 0 Å². The normalized spacial score (nSPS) is 12.2. The highest BCUT2D eigenvalue weighted by molar-refractivity contribution is 5.40. The Labute approximate surface area is 125 Å². The molecule has 1 unspecified atom stereocenters. The molecule has 0 aliphatic rings. The van der Waals surface area contributed by atoms with Crippen molar-refractivity contribution in [1.29, 1.82) is 0 Å². The smallest absolute Gasteiger partial charge is 0.241 e. The van der Waals surface area contributed by atoms with Crippen LogP contribution in [0, 0.1) is 0 Å². The molecule has 2 aromatic heterocycles. The molecule has 0 aliphatic carbocycles. The molecule has 0 spiro atoms. The van der Waals surface area contributed by atoms with Crippen molar-refractivity contribution < 1.29 is 0 Å². The Kier molecular flexibility index (Phi) is 5.08. The van der Waals surface area contributed by atoms with Gasteiger partial charge < -0.3 is 10.2 Å². The van der Waals surface area contributed by atoms with Crippen molar-refractivity contribution in [3.05, 3.63) is 18.7 Å². The number of hydrogen-bond acceptors (Lipinski definition) is 6. The van der Waals surface area contributed by atoms with E-state index >= 15 is 0 Å². The van der Waals surface area contributed by atoms with Gasteiger partial charge in [0, 0.05) is 32.0 Å². The standard InChI is InChI=1S/C14H23N7/c1-5-7-11(3)20(4)13-17-12(16-6-2)18-14(19-13)21-9-8-15-10-21/h8-11H,5-7H2,1-4H3,(H,16,17,18,19). The summed E-state index contributed by atoms with van der Waals surface area (Å²) in [7, 11) is 2.02. The molecule has 0 amide bonds. The van der Waals surface area contributed by atoms with Crippen LogP contribution in [0.3, 0.4) is 0 Å². The fourth-order valence-electron chi connectivity index (χ4n) is 2.05. The fourth-order valence-corrected chi connectivity index (χ4v) is 2.05. The lowest BCUT2D eigenvalue weighted by molar-refractivity contribution is 0.603. The van der Waals surface area contributed by atoms with Gasteiger partial charge in [-0.3, -0.25) is 4.57 Å². The van der Waals surface area contributed by atoms with E-state index in [0.717, 1.165) is 19.4 Å². The summed E-state index contributed by atoms with van der Waals surface area (Å²) in [4.78, 5) is 19.6. The van der Waals surface area contributed by atoms with Gasteiger partial charge in [0.15, 0.2) is 0 Å². The van der Waals surface area contributed by atoms with Crippen molar-refractivity contribution in [2.24, 2.45) is 0 Å². The summed E-state index contributed by atoms with van der Waals surface area (Å²) in [5, 5.41) is 3.15. The monoisotopic (exact) mass is 289 g/mol. The Hall–Kier alpha value is -2.18. The van der Waals surface area contributed by atoms with E-state index in [9.17, 15) is 0 Å². The highest BCUT2D eigenvalue weighted by Crippen LogP contribution is 2.16. The minimum Gasteiger partial charge on any atom is -0.354 e. The van der Waals surface area contributed by atoms with Crippen molar-refractivity contribution in [3.8, 4) is 5.95 Å². The van der Waals surface area contributed by atoms with Gasteiger partial charge in [0.25, 0.3) is 0 Å². The molecule has 0 saturated heterocycles. The summed E-state index contributed by atoms with van der Waals surface area (Å²) in [6, 6.07) is 0.377. The van der Waals surface area contributed by atoms with Gasteiger partial charge in [-0.15, -0.1) is 0 Å². The minimum atomic E-state index is 0.377. The summed E-state index contributed by atoms with van der Waals surface area (Å²) < 4.78 is 1.78. The molecule has 0 fully saturated rings. The third-order valence-electron chi connectivity index (χ3n) is 3.37. The fraction of sp³-hybridized carbons (Fsp3) is 0.571. The van der Waals surface area contributed by atoms with Gasteiger partial charge in [0.2, 0.25) is 17.8 Å². The molecule has 7 nitrogen and oxygen atoms in total. The van der Waals surface area contributed by atoms with Crippen molar-refractivity contribution >= 4 is 11.9 Å². The molecule has 0 aliphatic heterocycles. The van der Waals surface area contributed by atoms with Gasteiger partial charge in [0.05, 0.1) is 0 Å². The zero-order valence-corrected chi connectivity index (χ0v) is 13.1. The summed E-state index contributed by atoms with van der Waals surface area (Å²) in [6.07, 6.45) is 7.44. The number of hydrogen-bond donors (Lipinski definition) is 1. The number of rotatable bonds is 7. The van der Waals surface area contributed by atoms with Gasteiger partial charge in [0.1, 0.15) is 6.33 Å². The van der Waals surface area contributed by atoms with Crippen molar-refractivity contribution in [2.75, 3.05) is 23.8 Å². The quantitative estimate of drug-likeness (QED) is 0.841. The van der Waals surface area contributed by atoms with E-state index in [4.69, 9.17) is 0 Å². The minimum absolute atomic E-state index is 0.377. The topological polar surface area (TPSA) is 71.8 Å². The molecular formula is C14H23N7. The summed E-state index contributed by atoms with van der Waals surface area (Å²) in [5.41, 5.74) is 0. The summed E-state index contributed by atoms with van der Waals surface area (Å²) in [6.45, 7) is 7.14. The van der Waals surface area contributed by atoms with Crippen molar-refractivity contribution in [1.82, 2.24) is 24.5 Å². The first kappa shape index (κ1) is 15.2. The lowest BCUT2D eigenvalue weighted by Gasteiger charge is -2.25. The molecule has 2 aromatic rings. The van der Waals surface area contributed by atoms with Crippen LogP contribution in [-0.4, -0.2) is 44.1 Å². The Bertz CT molecular complexity index is 552. The third kappa shape index (κ3) is 3.68. The highest BCUT2D eigenvalue weighted by Gasteiger charge is 2.15. The van der Waals surface area contributed by atoms with E-state index < -0.39 is 0 Å². The van der Waals surface area contributed by atoms with Gasteiger partial charge in [-0.1, -0.05) is 13.3 Å². The van der Waals surface area contributed by atoms with Crippen LogP contribution in [-0.2, 0) is 0 Å². The first-order valence-corrected chi connectivity index (χ1v) is 7.36. The van der Waals surface area contributed by atoms with Crippen LogP contribution in [0.5, 0.6) is 0 Å². The number of nitrogens with one attached hydrogen (secondary N) is 1. The molecule has 0 saturated carbocycles. The van der Waals surface area contributed by atoms with Crippen LogP contribution in [0.4, 0.5) is 11.9 Å². The van der Waals surface area contributed by atoms with Crippen molar-refractivity contribution in [3.63, 3.8) is 0 Å². The molecule has 0 aromatic carbocycles. The van der Waals surface area contributed by atoms with E-state index in [1.807, 2.05) is 20.2 Å². The van der Waals surface area contributed by atoms with Crippen LogP contribution in [0.2, 0.25) is 0 Å². The highest BCUT2D eigenvalue weighted by atomic mass is 15.3. The van der Waals surface area contributed by atoms with Gasteiger partial charge in [-0.25, -0.2) is 4.98 Å². The van der Waals surface area contributed by atoms with Crippen LogP contribution in [0.15, 0.2) is 18.7 Å². The lowest BCUT2D eigenvalue weighted by Crippen LogP contribution is -2.31. The average Bonchev–Trinajstić information content (AvgIpc) is 3.01. The van der Waals surface area contributed by atoms with E-state index in [1.165, 1.54) is 0 Å². The molecule has 2 heterocycles. The number of nitrogens with zero attached hydrogens (tertiary/aromatic N) is 6. The number of anilines is 2. The first-order chi connectivity index (χ1) is 10.2. The predicted molar refractivity (Wildman–Crippen MR) is 83.9 cm³/mol. The second kappa shape index (κ2) is 7.01. The SMILES string of the molecule is CCCC(C)N(C)c1nc(NCC)nc(-n2ccnc2)n1. The molecule has 7 heteroatoms. The van der Waals surface area contributed by atoms with E-state index in [-0.39, 0.29) is 0 Å². The Morgan fingerprint density at radius 3 is 2.71 bits per heavy atom. The largest absolute Gasteiger partial charge is 0.354 e. The van der Waals surface area contributed by atoms with Crippen LogP contribution >= 0.6 is 0 Å². The second-order valence-corrected chi connectivity index (χ2v) is 5.01. The molecule has 2 rings (SSSR count). The van der Waals surface area contributed by atoms with E-state index in [2.05, 4.69) is 44.0 Å². The Morgan fingerprint density at radius 2 is 2.10 bits per heavy atom. The van der Waals surface area contributed by atoms with E-state index in [0.29, 0.717) is 23.9 Å². The predicted octanol–water partition coefficient (Wildman–Crippen LogP) is 2.11. The maximum Gasteiger partial charge on any atom is 0.241 e. The summed E-state index contributed by atoms with van der Waals surface area (Å²) in [5.74, 6) is 1.83. The Morgan fingerprint density at radius 1 is 1.29 bits per heavy atom. The summed E-state index contributed by atoms with van der Waals surface area (Å²) >= 11 is 0. The van der Waals surface area contributed by atoms with E-state index in [1.54, 1.807) is 17.1 Å². The zero-order chi connectivity index (χ0) is 15.2. The molecule has 21 heavy (non-hydrogen) atoms. The molecule has 1 N–H and O–H groups in total. The number of imidazole rings is 1. The second-order valence-electron chi connectivity index (χ2n) is 5.01. The lowest BCUT2D eigenvalue weighted by atomic mass is 10.2. The maximum atomic E-state index is 4.55. The molecule has 114 valence electrons. The van der Waals surface area contributed by atoms with Crippen LogP contribution in [0.25, 0.3) is 5.95 Å². The molecular weight excluding hydrogens is 266 g/mol.